The van der Waals surface area contributed by atoms with Crippen LogP contribution in [-0.4, -0.2) is 28.0 Å². The number of fused-ring (bicyclic) bond motifs is 2. The Bertz CT molecular complexity index is 331. The van der Waals surface area contributed by atoms with Crippen molar-refractivity contribution in [3.63, 3.8) is 0 Å². The minimum absolute atomic E-state index is 0. The van der Waals surface area contributed by atoms with E-state index < -0.39 is 0 Å². The molecule has 0 saturated heterocycles. The van der Waals surface area contributed by atoms with Crippen LogP contribution in [-0.2, 0) is 0 Å². The molecule has 2 atom stereocenters. The van der Waals surface area contributed by atoms with Crippen LogP contribution in [0.25, 0.3) is 0 Å². The van der Waals surface area contributed by atoms with E-state index in [9.17, 15) is 0 Å². The first-order chi connectivity index (χ1) is 6.66. The van der Waals surface area contributed by atoms with Crippen molar-refractivity contribution in [1.82, 2.24) is 0 Å². The third kappa shape index (κ3) is 2.05. The summed E-state index contributed by atoms with van der Waals surface area (Å²) in [6.45, 7) is 8.77. The predicted octanol–water partition coefficient (Wildman–Crippen LogP) is -0.313. The molecule has 0 radical (unpaired) electrons. The number of rotatable bonds is 1. The molecule has 1 nitrogen and oxygen atoms in total. The molecule has 1 aliphatic heterocycles. The van der Waals surface area contributed by atoms with Crippen molar-refractivity contribution in [2.24, 2.45) is 5.92 Å². The zero-order valence-corrected chi connectivity index (χ0v) is 12.5. The Morgan fingerprint density at radius 3 is 2.73 bits per heavy atom. The average Bonchev–Trinajstić information content (AvgIpc) is 2.34. The average molecular weight is 335 g/mol. The second-order valence-corrected chi connectivity index (χ2v) is 5.11. The molecule has 0 N–H and O–H groups in total. The van der Waals surface area contributed by atoms with E-state index in [4.69, 9.17) is 0 Å². The van der Waals surface area contributed by atoms with Gasteiger partial charge in [0.1, 0.15) is 6.04 Å². The van der Waals surface area contributed by atoms with E-state index >= 15 is 0 Å². The Labute approximate surface area is 114 Å². The van der Waals surface area contributed by atoms with Gasteiger partial charge in [-0.2, -0.15) is 0 Å². The highest BCUT2D eigenvalue weighted by molar-refractivity contribution is 8.13. The molecule has 0 unspecified atom stereocenters. The lowest BCUT2D eigenvalue weighted by atomic mass is 9.90. The fourth-order valence-electron chi connectivity index (χ4n) is 2.50. The van der Waals surface area contributed by atoms with Crippen LogP contribution in [0.1, 0.15) is 20.3 Å². The van der Waals surface area contributed by atoms with E-state index in [1.807, 2.05) is 11.8 Å². The predicted molar refractivity (Wildman–Crippen MR) is 64.1 cm³/mol. The number of hydrogen-bond acceptors (Lipinski definition) is 1. The second-order valence-electron chi connectivity index (χ2n) is 4.28. The van der Waals surface area contributed by atoms with Crippen molar-refractivity contribution in [2.75, 3.05) is 6.26 Å². The Balaban J connectivity index is 0.00000112. The van der Waals surface area contributed by atoms with Crippen LogP contribution in [0.5, 0.6) is 0 Å². The van der Waals surface area contributed by atoms with Crippen LogP contribution in [0.4, 0.5) is 0 Å². The van der Waals surface area contributed by atoms with Gasteiger partial charge in [-0.05, 0) is 32.6 Å². The van der Waals surface area contributed by atoms with Gasteiger partial charge in [0.15, 0.2) is 6.04 Å². The largest absolute Gasteiger partial charge is 1.00 e. The molecule has 0 aromatic rings. The van der Waals surface area contributed by atoms with Crippen LogP contribution < -0.4 is 24.0 Å². The molecule has 1 heterocycles. The van der Waals surface area contributed by atoms with Gasteiger partial charge in [-0.3, -0.25) is 0 Å². The van der Waals surface area contributed by atoms with Gasteiger partial charge in [0.05, 0.1) is 5.92 Å². The Morgan fingerprint density at radius 2 is 2.20 bits per heavy atom. The zero-order chi connectivity index (χ0) is 10.3. The molecule has 2 rings (SSSR count). The molecule has 0 amide bonds. The van der Waals surface area contributed by atoms with Crippen LogP contribution in [0, 0.1) is 5.92 Å². The highest BCUT2D eigenvalue weighted by atomic mass is 127. The molecule has 0 spiro atoms. The fraction of sp³-hybridized carbons (Fsp3) is 0.583. The van der Waals surface area contributed by atoms with Gasteiger partial charge >= 0.3 is 0 Å². The van der Waals surface area contributed by atoms with Crippen molar-refractivity contribution in [2.45, 2.75) is 32.4 Å². The van der Waals surface area contributed by atoms with Crippen molar-refractivity contribution in [3.05, 3.63) is 24.3 Å². The first-order valence-corrected chi connectivity index (χ1v) is 6.43. The van der Waals surface area contributed by atoms with Gasteiger partial charge in [0.2, 0.25) is 5.04 Å². The van der Waals surface area contributed by atoms with Gasteiger partial charge in [-0.15, -0.1) is 0 Å². The maximum absolute atomic E-state index is 4.24. The summed E-state index contributed by atoms with van der Waals surface area (Å²) in [5.74, 6) is 0.599. The molecule has 2 bridgehead atoms. The number of allylic oxidation sites excluding steroid dienone is 1. The molecule has 15 heavy (non-hydrogen) atoms. The molecule has 3 heteroatoms. The van der Waals surface area contributed by atoms with Crippen molar-refractivity contribution in [3.8, 4) is 0 Å². The number of hydrogen-bond donors (Lipinski definition) is 0. The van der Waals surface area contributed by atoms with Gasteiger partial charge in [-0.25, -0.2) is 4.58 Å². The Kier molecular flexibility index (Phi) is 4.47. The van der Waals surface area contributed by atoms with Crippen molar-refractivity contribution in [1.29, 1.82) is 0 Å². The second kappa shape index (κ2) is 5.04. The molecular weight excluding hydrogens is 317 g/mol. The first-order valence-electron chi connectivity index (χ1n) is 5.21. The van der Waals surface area contributed by atoms with E-state index in [0.29, 0.717) is 18.0 Å². The van der Waals surface area contributed by atoms with Crippen LogP contribution >= 0.6 is 11.8 Å². The molecule has 0 saturated carbocycles. The SMILES string of the molecule is C=C1[C@H]2CC=C[C@@H]1[N+](C(C)C)=C2SC.[I-]. The summed E-state index contributed by atoms with van der Waals surface area (Å²) in [4.78, 5) is 0. The first kappa shape index (κ1) is 13.3. The fourth-order valence-corrected chi connectivity index (χ4v) is 3.56. The molecular formula is C12H18INS. The van der Waals surface area contributed by atoms with E-state index in [0.717, 1.165) is 6.42 Å². The van der Waals surface area contributed by atoms with Crippen molar-refractivity contribution >= 4 is 16.8 Å². The number of thioether (sulfide) groups is 1. The summed E-state index contributed by atoms with van der Waals surface area (Å²) in [6, 6.07) is 1.04. The summed E-state index contributed by atoms with van der Waals surface area (Å²) in [7, 11) is 0. The lowest BCUT2D eigenvalue weighted by Gasteiger charge is -2.13. The van der Waals surface area contributed by atoms with E-state index in [1.165, 1.54) is 10.6 Å². The molecule has 2 aliphatic rings. The Morgan fingerprint density at radius 1 is 1.53 bits per heavy atom. The molecule has 1 aliphatic carbocycles. The molecule has 0 aromatic carbocycles. The van der Waals surface area contributed by atoms with Gasteiger partial charge in [0.25, 0.3) is 0 Å². The third-order valence-electron chi connectivity index (χ3n) is 3.14. The minimum atomic E-state index is 0. The summed E-state index contributed by atoms with van der Waals surface area (Å²) in [5.41, 5.74) is 1.39. The lowest BCUT2D eigenvalue weighted by molar-refractivity contribution is -0.567. The van der Waals surface area contributed by atoms with Gasteiger partial charge < -0.3 is 24.0 Å². The van der Waals surface area contributed by atoms with E-state index in [-0.39, 0.29) is 24.0 Å². The quantitative estimate of drug-likeness (QED) is 0.361. The molecule has 84 valence electrons. The normalized spacial score (nSPS) is 28.7. The number of nitrogens with zero attached hydrogens (tertiary/aromatic N) is 1. The third-order valence-corrected chi connectivity index (χ3v) is 4.05. The summed E-state index contributed by atoms with van der Waals surface area (Å²) >= 11 is 1.89. The van der Waals surface area contributed by atoms with Crippen LogP contribution in [0.3, 0.4) is 0 Å². The van der Waals surface area contributed by atoms with Crippen LogP contribution in [0.15, 0.2) is 24.3 Å². The monoisotopic (exact) mass is 335 g/mol. The maximum atomic E-state index is 4.24. The number of halogens is 1. The summed E-state index contributed by atoms with van der Waals surface area (Å²) in [5, 5.41) is 1.51. The Hall–Kier alpha value is 0.230. The van der Waals surface area contributed by atoms with Crippen LogP contribution in [0.2, 0.25) is 0 Å². The highest BCUT2D eigenvalue weighted by Crippen LogP contribution is 2.37. The summed E-state index contributed by atoms with van der Waals surface area (Å²) in [6.07, 6.45) is 7.94. The van der Waals surface area contributed by atoms with E-state index in [1.54, 1.807) is 0 Å². The minimum Gasteiger partial charge on any atom is -1.00 e. The topological polar surface area (TPSA) is 3.01 Å². The lowest BCUT2D eigenvalue weighted by Crippen LogP contribution is -3.00. The molecule has 0 fully saturated rings. The maximum Gasteiger partial charge on any atom is 0.219 e. The highest BCUT2D eigenvalue weighted by Gasteiger charge is 2.45. The van der Waals surface area contributed by atoms with E-state index in [2.05, 4.69) is 43.4 Å². The zero-order valence-electron chi connectivity index (χ0n) is 9.53. The van der Waals surface area contributed by atoms with Gasteiger partial charge in [-0.1, -0.05) is 24.4 Å². The smallest absolute Gasteiger partial charge is 0.219 e. The molecule has 0 aromatic heterocycles. The summed E-state index contributed by atoms with van der Waals surface area (Å²) < 4.78 is 2.52. The standard InChI is InChI=1S/C12H18NS.HI/c1-8(2)13-11-7-5-6-10(9(11)3)12(13)14-4;/h5,7-8,10-11H,3,6H2,1-2,4H3;1H/q+1;/p-1/t10-,11+;/m1./s1. The van der Waals surface area contributed by atoms with Gasteiger partial charge in [0, 0.05) is 5.57 Å². The van der Waals surface area contributed by atoms with Crippen molar-refractivity contribution < 1.29 is 28.6 Å².